The molecule has 1 aromatic carbocycles. The quantitative estimate of drug-likeness (QED) is 0.627. The van der Waals surface area contributed by atoms with Gasteiger partial charge >= 0.3 is 0 Å². The summed E-state index contributed by atoms with van der Waals surface area (Å²) in [6.07, 6.45) is 0. The van der Waals surface area contributed by atoms with E-state index < -0.39 is 0 Å². The Balaban J connectivity index is 2.89. The largest absolute Gasteiger partial charge is 0.388 e. The van der Waals surface area contributed by atoms with Crippen molar-refractivity contribution in [3.63, 3.8) is 0 Å². The van der Waals surface area contributed by atoms with E-state index in [4.69, 9.17) is 5.73 Å². The summed E-state index contributed by atoms with van der Waals surface area (Å²) in [5, 5.41) is 0. The fourth-order valence-corrected chi connectivity index (χ4v) is 1.44. The first-order valence-corrected chi connectivity index (χ1v) is 4.91. The van der Waals surface area contributed by atoms with Gasteiger partial charge in [0.15, 0.2) is 0 Å². The van der Waals surface area contributed by atoms with Crippen LogP contribution in [0.25, 0.3) is 0 Å². The molecule has 0 saturated carbocycles. The minimum absolute atomic E-state index is 0.624. The third-order valence-electron chi connectivity index (χ3n) is 1.88. The van der Waals surface area contributed by atoms with Gasteiger partial charge in [-0.3, -0.25) is 4.99 Å². The number of nitrogens with two attached hydrogens (primary N) is 1. The summed E-state index contributed by atoms with van der Waals surface area (Å²) in [7, 11) is 0. The summed E-state index contributed by atoms with van der Waals surface area (Å²) in [6, 6.07) is 6.10. The number of halogens is 1. The number of hydrogen-bond donors (Lipinski definition) is 1. The van der Waals surface area contributed by atoms with E-state index in [1.165, 1.54) is 11.1 Å². The van der Waals surface area contributed by atoms with Gasteiger partial charge in [-0.15, -0.1) is 0 Å². The molecule has 0 fully saturated rings. The fraction of sp³-hybridized carbons (Fsp3) is 0.300. The normalized spacial score (nSPS) is 11.8. The van der Waals surface area contributed by atoms with E-state index in [0.29, 0.717) is 12.4 Å². The molecule has 0 radical (unpaired) electrons. The van der Waals surface area contributed by atoms with Crippen molar-refractivity contribution in [1.82, 2.24) is 0 Å². The Bertz CT molecular complexity index is 328. The number of nitrogens with zero attached hydrogens (tertiary/aromatic N) is 1. The maximum absolute atomic E-state index is 5.47. The first-order valence-electron chi connectivity index (χ1n) is 4.12. The van der Waals surface area contributed by atoms with Crippen LogP contribution in [0.2, 0.25) is 0 Å². The van der Waals surface area contributed by atoms with E-state index >= 15 is 0 Å². The predicted molar refractivity (Wildman–Crippen MR) is 59.9 cm³/mol. The van der Waals surface area contributed by atoms with Gasteiger partial charge in [-0.2, -0.15) is 0 Å². The molecule has 2 N–H and O–H groups in total. The average Bonchev–Trinajstić information content (AvgIpc) is 2.07. The molecule has 0 saturated heterocycles. The zero-order chi connectivity index (χ0) is 9.84. The Morgan fingerprint density at radius 3 is 2.85 bits per heavy atom. The van der Waals surface area contributed by atoms with Crippen molar-refractivity contribution in [2.24, 2.45) is 10.7 Å². The first kappa shape index (κ1) is 10.3. The lowest BCUT2D eigenvalue weighted by atomic mass is 10.1. The Labute approximate surface area is 87.0 Å². The maximum Gasteiger partial charge on any atom is 0.0909 e. The first-order chi connectivity index (χ1) is 6.11. The molecular weight excluding hydrogens is 228 g/mol. The van der Waals surface area contributed by atoms with Crippen molar-refractivity contribution in [1.29, 1.82) is 0 Å². The molecule has 1 rings (SSSR count). The molecule has 0 aliphatic rings. The Kier molecular flexibility index (Phi) is 3.48. The summed E-state index contributed by atoms with van der Waals surface area (Å²) < 4.78 is 1.12. The van der Waals surface area contributed by atoms with Crippen LogP contribution in [-0.2, 0) is 6.54 Å². The minimum Gasteiger partial charge on any atom is -0.388 e. The summed E-state index contributed by atoms with van der Waals surface area (Å²) in [4.78, 5) is 4.17. The van der Waals surface area contributed by atoms with E-state index in [9.17, 15) is 0 Å². The zero-order valence-electron chi connectivity index (χ0n) is 7.84. The molecule has 0 bridgehead atoms. The highest BCUT2D eigenvalue weighted by atomic mass is 79.9. The third kappa shape index (κ3) is 2.84. The predicted octanol–water partition coefficient (Wildman–Crippen LogP) is 2.63. The molecule has 0 atom stereocenters. The molecule has 70 valence electrons. The highest BCUT2D eigenvalue weighted by Gasteiger charge is 1.99. The molecule has 1 aromatic rings. The summed E-state index contributed by atoms with van der Waals surface area (Å²) >= 11 is 3.47. The lowest BCUT2D eigenvalue weighted by Gasteiger charge is -2.04. The Morgan fingerprint density at radius 1 is 1.54 bits per heavy atom. The minimum atomic E-state index is 0.624. The third-order valence-corrected chi connectivity index (χ3v) is 2.74. The molecule has 13 heavy (non-hydrogen) atoms. The van der Waals surface area contributed by atoms with Crippen LogP contribution in [0.15, 0.2) is 27.7 Å². The second-order valence-corrected chi connectivity index (χ2v) is 3.84. The zero-order valence-corrected chi connectivity index (χ0v) is 9.43. The Morgan fingerprint density at radius 2 is 2.23 bits per heavy atom. The summed E-state index contributed by atoms with van der Waals surface area (Å²) in [5.41, 5.74) is 7.90. The van der Waals surface area contributed by atoms with E-state index in [1.807, 2.05) is 12.1 Å². The van der Waals surface area contributed by atoms with Crippen LogP contribution in [0.3, 0.4) is 0 Å². The second-order valence-electron chi connectivity index (χ2n) is 2.98. The van der Waals surface area contributed by atoms with Gasteiger partial charge < -0.3 is 5.73 Å². The van der Waals surface area contributed by atoms with Crippen LogP contribution < -0.4 is 5.73 Å². The molecular formula is C10H13BrN2. The maximum atomic E-state index is 5.47. The van der Waals surface area contributed by atoms with Crippen LogP contribution in [0.4, 0.5) is 0 Å². The van der Waals surface area contributed by atoms with Crippen LogP contribution >= 0.6 is 15.9 Å². The molecule has 0 aliphatic heterocycles. The van der Waals surface area contributed by atoms with Crippen LogP contribution in [-0.4, -0.2) is 5.84 Å². The molecule has 0 aliphatic carbocycles. The monoisotopic (exact) mass is 240 g/mol. The van der Waals surface area contributed by atoms with Crippen molar-refractivity contribution in [3.8, 4) is 0 Å². The summed E-state index contributed by atoms with van der Waals surface area (Å²) in [6.45, 7) is 4.53. The molecule has 3 heteroatoms. The number of hydrogen-bond acceptors (Lipinski definition) is 1. The molecule has 0 amide bonds. The standard InChI is InChI=1S/C10H13BrN2/c1-7-9(6-13-8(2)12)4-3-5-10(7)11/h3-5H,6H2,1-2H3,(H2,12,13). The molecule has 2 nitrogen and oxygen atoms in total. The molecule has 0 aromatic heterocycles. The lowest BCUT2D eigenvalue weighted by Crippen LogP contribution is -2.05. The van der Waals surface area contributed by atoms with E-state index in [-0.39, 0.29) is 0 Å². The van der Waals surface area contributed by atoms with Gasteiger partial charge in [0.05, 0.1) is 12.4 Å². The lowest BCUT2D eigenvalue weighted by molar-refractivity contribution is 1.04. The van der Waals surface area contributed by atoms with Crippen molar-refractivity contribution in [2.45, 2.75) is 20.4 Å². The van der Waals surface area contributed by atoms with E-state index in [1.54, 1.807) is 6.92 Å². The van der Waals surface area contributed by atoms with Crippen molar-refractivity contribution < 1.29 is 0 Å². The Hall–Kier alpha value is -0.830. The number of aliphatic imine (C=N–C) groups is 1. The van der Waals surface area contributed by atoms with Gasteiger partial charge in [0.1, 0.15) is 0 Å². The van der Waals surface area contributed by atoms with Gasteiger partial charge in [-0.1, -0.05) is 28.1 Å². The van der Waals surface area contributed by atoms with Crippen molar-refractivity contribution in [2.75, 3.05) is 0 Å². The highest BCUT2D eigenvalue weighted by molar-refractivity contribution is 9.10. The molecule has 0 heterocycles. The van der Waals surface area contributed by atoms with E-state index in [0.717, 1.165) is 4.47 Å². The molecule has 0 spiro atoms. The molecule has 0 unspecified atom stereocenters. The van der Waals surface area contributed by atoms with Crippen molar-refractivity contribution in [3.05, 3.63) is 33.8 Å². The number of rotatable bonds is 2. The van der Waals surface area contributed by atoms with Crippen molar-refractivity contribution >= 4 is 21.8 Å². The van der Waals surface area contributed by atoms with Crippen LogP contribution in [0.1, 0.15) is 18.1 Å². The van der Waals surface area contributed by atoms with E-state index in [2.05, 4.69) is 33.9 Å². The van der Waals surface area contributed by atoms with Gasteiger partial charge in [-0.05, 0) is 31.0 Å². The topological polar surface area (TPSA) is 38.4 Å². The van der Waals surface area contributed by atoms with Gasteiger partial charge in [0.2, 0.25) is 0 Å². The van der Waals surface area contributed by atoms with Gasteiger partial charge in [-0.25, -0.2) is 0 Å². The number of benzene rings is 1. The van der Waals surface area contributed by atoms with Gasteiger partial charge in [0.25, 0.3) is 0 Å². The summed E-state index contributed by atoms with van der Waals surface area (Å²) in [5.74, 6) is 0.624. The average molecular weight is 241 g/mol. The smallest absolute Gasteiger partial charge is 0.0909 e. The fourth-order valence-electron chi connectivity index (χ4n) is 1.03. The second kappa shape index (κ2) is 4.42. The highest BCUT2D eigenvalue weighted by Crippen LogP contribution is 2.19. The van der Waals surface area contributed by atoms with Crippen LogP contribution in [0, 0.1) is 6.92 Å². The SMILES string of the molecule is CC(N)=NCc1cccc(Br)c1C. The number of amidine groups is 1. The van der Waals surface area contributed by atoms with Gasteiger partial charge in [0, 0.05) is 4.47 Å². The van der Waals surface area contributed by atoms with Crippen LogP contribution in [0.5, 0.6) is 0 Å².